The van der Waals surface area contributed by atoms with Crippen molar-refractivity contribution in [3.63, 3.8) is 0 Å². The Morgan fingerprint density at radius 1 is 0.968 bits per heavy atom. The van der Waals surface area contributed by atoms with E-state index in [1.54, 1.807) is 0 Å². The zero-order valence-corrected chi connectivity index (χ0v) is 19.6. The van der Waals surface area contributed by atoms with Gasteiger partial charge in [-0.15, -0.1) is 0 Å². The van der Waals surface area contributed by atoms with Crippen molar-refractivity contribution in [2.45, 2.75) is 39.3 Å². The molecule has 2 heterocycles. The first-order chi connectivity index (χ1) is 15.3. The summed E-state index contributed by atoms with van der Waals surface area (Å²) in [6.45, 7) is 13.4. The number of hydrogen-bond acceptors (Lipinski definition) is 5. The predicted octanol–water partition coefficient (Wildman–Crippen LogP) is 2.33. The molecule has 0 bridgehead atoms. The number of aliphatic imine (C=N–C) groups is 1. The van der Waals surface area contributed by atoms with Crippen LogP contribution in [0.4, 0.5) is 5.69 Å². The summed E-state index contributed by atoms with van der Waals surface area (Å²) in [6.07, 6.45) is 2.39. The highest BCUT2D eigenvalue weighted by Gasteiger charge is 2.27. The van der Waals surface area contributed by atoms with E-state index in [0.717, 1.165) is 71.7 Å². The van der Waals surface area contributed by atoms with Crippen LogP contribution in [0.15, 0.2) is 29.3 Å². The Morgan fingerprint density at radius 2 is 1.61 bits per heavy atom. The Morgan fingerprint density at radius 3 is 2.26 bits per heavy atom. The van der Waals surface area contributed by atoms with Crippen LogP contribution in [-0.4, -0.2) is 83.1 Å². The van der Waals surface area contributed by atoms with Crippen molar-refractivity contribution in [2.24, 2.45) is 10.9 Å². The summed E-state index contributed by atoms with van der Waals surface area (Å²) in [4.78, 5) is 9.50. The van der Waals surface area contributed by atoms with Crippen LogP contribution in [0.5, 0.6) is 0 Å². The molecule has 1 aromatic carbocycles. The summed E-state index contributed by atoms with van der Waals surface area (Å²) in [7, 11) is 1.85. The highest BCUT2D eigenvalue weighted by Crippen LogP contribution is 2.22. The van der Waals surface area contributed by atoms with Crippen LogP contribution in [0, 0.1) is 5.92 Å². The monoisotopic (exact) mass is 431 g/mol. The lowest BCUT2D eigenvalue weighted by molar-refractivity contribution is 0.00272. The van der Waals surface area contributed by atoms with Gasteiger partial charge in [0.1, 0.15) is 0 Å². The van der Waals surface area contributed by atoms with Crippen LogP contribution < -0.4 is 15.5 Å². The third-order valence-corrected chi connectivity index (χ3v) is 6.60. The van der Waals surface area contributed by atoms with Gasteiger partial charge in [-0.2, -0.15) is 0 Å². The number of morpholine rings is 2. The number of ether oxygens (including phenoxy) is 2. The molecule has 7 nitrogen and oxygen atoms in total. The number of nitrogens with zero attached hydrogens (tertiary/aromatic N) is 3. The molecule has 0 aliphatic carbocycles. The van der Waals surface area contributed by atoms with Crippen molar-refractivity contribution < 1.29 is 9.47 Å². The van der Waals surface area contributed by atoms with E-state index in [1.165, 1.54) is 24.1 Å². The largest absolute Gasteiger partial charge is 0.379 e. The van der Waals surface area contributed by atoms with Gasteiger partial charge < -0.3 is 25.0 Å². The van der Waals surface area contributed by atoms with E-state index in [-0.39, 0.29) is 0 Å². The molecule has 31 heavy (non-hydrogen) atoms. The second-order valence-corrected chi connectivity index (χ2v) is 8.33. The first-order valence-electron chi connectivity index (χ1n) is 11.9. The lowest BCUT2D eigenvalue weighted by Crippen LogP contribution is -2.53. The average molecular weight is 432 g/mol. The van der Waals surface area contributed by atoms with Crippen LogP contribution in [0.3, 0.4) is 0 Å². The number of guanidine groups is 1. The highest BCUT2D eigenvalue weighted by molar-refractivity contribution is 5.79. The smallest absolute Gasteiger partial charge is 0.191 e. The molecule has 2 aliphatic rings. The molecule has 3 rings (SSSR count). The third kappa shape index (κ3) is 6.82. The Kier molecular flexibility index (Phi) is 9.90. The second kappa shape index (κ2) is 12.9. The van der Waals surface area contributed by atoms with Crippen molar-refractivity contribution in [1.82, 2.24) is 15.5 Å². The summed E-state index contributed by atoms with van der Waals surface area (Å²) < 4.78 is 11.1. The molecule has 1 aromatic rings. The van der Waals surface area contributed by atoms with E-state index in [0.29, 0.717) is 12.0 Å². The van der Waals surface area contributed by atoms with E-state index in [4.69, 9.17) is 9.47 Å². The minimum atomic E-state index is 0.498. The topological polar surface area (TPSA) is 61.4 Å². The van der Waals surface area contributed by atoms with Gasteiger partial charge in [0.25, 0.3) is 0 Å². The Hall–Kier alpha value is -1.83. The van der Waals surface area contributed by atoms with Crippen molar-refractivity contribution >= 4 is 11.6 Å². The molecule has 1 atom stereocenters. The van der Waals surface area contributed by atoms with Crippen molar-refractivity contribution in [1.29, 1.82) is 0 Å². The van der Waals surface area contributed by atoms with Crippen molar-refractivity contribution in [2.75, 3.05) is 71.1 Å². The molecule has 0 aromatic heterocycles. The number of benzene rings is 1. The van der Waals surface area contributed by atoms with Crippen LogP contribution >= 0.6 is 0 Å². The molecule has 1 unspecified atom stereocenters. The average Bonchev–Trinajstić information content (AvgIpc) is 2.84. The van der Waals surface area contributed by atoms with E-state index < -0.39 is 0 Å². The fourth-order valence-electron chi connectivity index (χ4n) is 4.71. The van der Waals surface area contributed by atoms with E-state index in [1.807, 2.05) is 7.05 Å². The summed E-state index contributed by atoms with van der Waals surface area (Å²) >= 11 is 0. The molecule has 2 saturated heterocycles. The van der Waals surface area contributed by atoms with Gasteiger partial charge in [-0.05, 0) is 17.5 Å². The van der Waals surface area contributed by atoms with Gasteiger partial charge >= 0.3 is 0 Å². The van der Waals surface area contributed by atoms with E-state index in [9.17, 15) is 0 Å². The highest BCUT2D eigenvalue weighted by atomic mass is 16.5. The van der Waals surface area contributed by atoms with E-state index in [2.05, 4.69) is 63.5 Å². The molecular formula is C24H41N5O2. The van der Waals surface area contributed by atoms with Gasteiger partial charge in [-0.25, -0.2) is 0 Å². The quantitative estimate of drug-likeness (QED) is 0.462. The fraction of sp³-hybridized carbons (Fsp3) is 0.708. The standard InChI is InChI=1S/C24H41N5O2/c1-4-20(5-2)23(29-12-16-31-17-13-29)19-27-24(25-3)26-18-21-8-6-7-9-22(21)28-10-14-30-15-11-28/h6-9,20,23H,4-5,10-19H2,1-3H3,(H2,25,26,27). The normalized spacial score (nSPS) is 19.5. The maximum Gasteiger partial charge on any atom is 0.191 e. The molecular weight excluding hydrogens is 390 g/mol. The Bertz CT molecular complexity index is 668. The van der Waals surface area contributed by atoms with Gasteiger partial charge in [0.05, 0.1) is 26.4 Å². The number of para-hydroxylation sites is 1. The number of rotatable bonds is 9. The number of nitrogens with one attached hydrogen (secondary N) is 2. The Labute approximate surface area is 188 Å². The molecule has 174 valence electrons. The van der Waals surface area contributed by atoms with Crippen LogP contribution in [0.2, 0.25) is 0 Å². The molecule has 2 fully saturated rings. The fourth-order valence-corrected chi connectivity index (χ4v) is 4.71. The predicted molar refractivity (Wildman–Crippen MR) is 128 cm³/mol. The molecule has 2 N–H and O–H groups in total. The van der Waals surface area contributed by atoms with Gasteiger partial charge in [0.15, 0.2) is 5.96 Å². The van der Waals surface area contributed by atoms with Gasteiger partial charge in [0, 0.05) is 58.0 Å². The van der Waals surface area contributed by atoms with Crippen LogP contribution in [0.25, 0.3) is 0 Å². The lowest BCUT2D eigenvalue weighted by atomic mass is 9.92. The van der Waals surface area contributed by atoms with Gasteiger partial charge in [-0.1, -0.05) is 44.9 Å². The summed E-state index contributed by atoms with van der Waals surface area (Å²) in [5.41, 5.74) is 2.58. The lowest BCUT2D eigenvalue weighted by Gasteiger charge is -2.39. The summed E-state index contributed by atoms with van der Waals surface area (Å²) in [5.74, 6) is 1.53. The molecule has 0 amide bonds. The van der Waals surface area contributed by atoms with Gasteiger partial charge in [-0.3, -0.25) is 9.89 Å². The maximum absolute atomic E-state index is 5.58. The van der Waals surface area contributed by atoms with Crippen molar-refractivity contribution in [3.05, 3.63) is 29.8 Å². The zero-order valence-electron chi connectivity index (χ0n) is 19.6. The number of anilines is 1. The zero-order chi connectivity index (χ0) is 21.9. The second-order valence-electron chi connectivity index (χ2n) is 8.33. The Balaban J connectivity index is 1.58. The first-order valence-corrected chi connectivity index (χ1v) is 11.9. The van der Waals surface area contributed by atoms with Gasteiger partial charge in [0.2, 0.25) is 0 Å². The molecule has 0 radical (unpaired) electrons. The summed E-state index contributed by atoms with van der Waals surface area (Å²) in [6, 6.07) is 9.13. The maximum atomic E-state index is 5.58. The molecule has 0 saturated carbocycles. The molecule has 7 heteroatoms. The summed E-state index contributed by atoms with van der Waals surface area (Å²) in [5, 5.41) is 7.14. The minimum absolute atomic E-state index is 0.498. The van der Waals surface area contributed by atoms with Crippen LogP contribution in [0.1, 0.15) is 32.3 Å². The molecule has 2 aliphatic heterocycles. The van der Waals surface area contributed by atoms with E-state index >= 15 is 0 Å². The SMILES string of the molecule is CCC(CC)C(CNC(=NC)NCc1ccccc1N1CCOCC1)N1CCOCC1. The third-order valence-electron chi connectivity index (χ3n) is 6.60. The van der Waals surface area contributed by atoms with Crippen LogP contribution in [-0.2, 0) is 16.0 Å². The van der Waals surface area contributed by atoms with Crippen molar-refractivity contribution in [3.8, 4) is 0 Å². The first kappa shape index (κ1) is 23.8. The number of hydrogen-bond donors (Lipinski definition) is 2. The minimum Gasteiger partial charge on any atom is -0.379 e. The molecule has 0 spiro atoms.